The van der Waals surface area contributed by atoms with Gasteiger partial charge in [-0.05, 0) is 18.2 Å². The Labute approximate surface area is 93.8 Å². The molecule has 0 amide bonds. The number of carbonyl (C=O) groups is 1. The van der Waals surface area contributed by atoms with Gasteiger partial charge in [-0.25, -0.2) is 9.18 Å². The minimum absolute atomic E-state index is 0.0667. The van der Waals surface area contributed by atoms with Crippen molar-refractivity contribution < 1.29 is 24.0 Å². The number of esters is 1. The molecule has 0 aliphatic rings. The molecule has 0 aliphatic carbocycles. The van der Waals surface area contributed by atoms with Crippen molar-refractivity contribution in [2.75, 3.05) is 7.11 Å². The molecule has 0 aromatic heterocycles. The third kappa shape index (κ3) is 3.64. The molecule has 0 unspecified atom stereocenters. The zero-order chi connectivity index (χ0) is 12.7. The highest BCUT2D eigenvalue weighted by molar-refractivity contribution is 6.58. The Hall–Kier alpha value is -1.40. The summed E-state index contributed by atoms with van der Waals surface area (Å²) in [4.78, 5) is 11.0. The maximum absolute atomic E-state index is 12.9. The van der Waals surface area contributed by atoms with E-state index in [9.17, 15) is 9.18 Å². The summed E-state index contributed by atoms with van der Waals surface area (Å²) in [5, 5.41) is 17.5. The summed E-state index contributed by atoms with van der Waals surface area (Å²) >= 11 is 0. The SMILES string of the molecule is CC.COC(=O)c1ccc(F)c(B(O)O)c1. The van der Waals surface area contributed by atoms with Crippen molar-refractivity contribution in [2.45, 2.75) is 13.8 Å². The lowest BCUT2D eigenvalue weighted by Crippen LogP contribution is -2.33. The van der Waals surface area contributed by atoms with Crippen molar-refractivity contribution in [1.29, 1.82) is 0 Å². The van der Waals surface area contributed by atoms with Crippen LogP contribution in [0.5, 0.6) is 0 Å². The molecular weight excluding hydrogens is 214 g/mol. The van der Waals surface area contributed by atoms with Crippen LogP contribution in [-0.2, 0) is 4.74 Å². The third-order valence-corrected chi connectivity index (χ3v) is 1.70. The Kier molecular flexibility index (Phi) is 6.37. The first kappa shape index (κ1) is 14.6. The molecule has 0 bridgehead atoms. The molecule has 0 atom stereocenters. The number of carbonyl (C=O) groups excluding carboxylic acids is 1. The predicted molar refractivity (Wildman–Crippen MR) is 58.9 cm³/mol. The lowest BCUT2D eigenvalue weighted by Gasteiger charge is -2.04. The molecule has 88 valence electrons. The molecule has 0 heterocycles. The fourth-order valence-electron chi connectivity index (χ4n) is 0.986. The van der Waals surface area contributed by atoms with Gasteiger partial charge in [-0.2, -0.15) is 0 Å². The summed E-state index contributed by atoms with van der Waals surface area (Å²) in [6, 6.07) is 3.21. The lowest BCUT2D eigenvalue weighted by atomic mass is 9.79. The van der Waals surface area contributed by atoms with Gasteiger partial charge in [0.1, 0.15) is 5.82 Å². The van der Waals surface area contributed by atoms with E-state index in [0.717, 1.165) is 12.1 Å². The van der Waals surface area contributed by atoms with Gasteiger partial charge >= 0.3 is 13.1 Å². The Morgan fingerprint density at radius 1 is 1.38 bits per heavy atom. The van der Waals surface area contributed by atoms with Gasteiger partial charge < -0.3 is 14.8 Å². The van der Waals surface area contributed by atoms with Gasteiger partial charge in [0.15, 0.2) is 0 Å². The van der Waals surface area contributed by atoms with E-state index in [1.54, 1.807) is 0 Å². The van der Waals surface area contributed by atoms with Gasteiger partial charge in [0, 0.05) is 5.46 Å². The topological polar surface area (TPSA) is 66.8 Å². The molecule has 0 radical (unpaired) electrons. The predicted octanol–water partition coefficient (Wildman–Crippen LogP) is 0.318. The monoisotopic (exact) mass is 228 g/mol. The zero-order valence-electron chi connectivity index (χ0n) is 9.40. The second-order valence-corrected chi connectivity index (χ2v) is 2.60. The van der Waals surface area contributed by atoms with E-state index in [2.05, 4.69) is 4.74 Å². The van der Waals surface area contributed by atoms with Crippen molar-refractivity contribution >= 4 is 18.6 Å². The molecule has 1 aromatic rings. The fraction of sp³-hybridized carbons (Fsp3) is 0.300. The molecule has 0 saturated carbocycles. The number of benzene rings is 1. The van der Waals surface area contributed by atoms with E-state index in [1.807, 2.05) is 13.8 Å². The first-order chi connectivity index (χ1) is 7.56. The first-order valence-electron chi connectivity index (χ1n) is 4.80. The van der Waals surface area contributed by atoms with E-state index in [4.69, 9.17) is 10.0 Å². The Morgan fingerprint density at radius 2 is 1.94 bits per heavy atom. The summed E-state index contributed by atoms with van der Waals surface area (Å²) in [5.41, 5.74) is -0.287. The molecular formula is C10H14BFO4. The quantitative estimate of drug-likeness (QED) is 0.565. The maximum atomic E-state index is 12.9. The normalized spacial score (nSPS) is 8.88. The number of hydrogen-bond donors (Lipinski definition) is 2. The molecule has 0 saturated heterocycles. The summed E-state index contributed by atoms with van der Waals surface area (Å²) < 4.78 is 17.3. The maximum Gasteiger partial charge on any atom is 0.491 e. The van der Waals surface area contributed by atoms with E-state index in [-0.39, 0.29) is 11.0 Å². The summed E-state index contributed by atoms with van der Waals surface area (Å²) in [6.45, 7) is 4.00. The van der Waals surface area contributed by atoms with Crippen LogP contribution in [0, 0.1) is 5.82 Å². The Morgan fingerprint density at radius 3 is 2.38 bits per heavy atom. The highest BCUT2D eigenvalue weighted by Crippen LogP contribution is 2.02. The van der Waals surface area contributed by atoms with Gasteiger partial charge in [0.05, 0.1) is 12.7 Å². The lowest BCUT2D eigenvalue weighted by molar-refractivity contribution is 0.0601. The molecule has 2 N–H and O–H groups in total. The van der Waals surface area contributed by atoms with Crippen LogP contribution in [0.15, 0.2) is 18.2 Å². The standard InChI is InChI=1S/C8H8BFO4.C2H6/c1-14-8(11)5-2-3-7(10)6(4-5)9(12)13;1-2/h2-4,12-13H,1H3;1-2H3. The highest BCUT2D eigenvalue weighted by atomic mass is 19.1. The van der Waals surface area contributed by atoms with Gasteiger partial charge in [-0.1, -0.05) is 13.8 Å². The number of methoxy groups -OCH3 is 1. The van der Waals surface area contributed by atoms with Gasteiger partial charge in [0.2, 0.25) is 0 Å². The van der Waals surface area contributed by atoms with Crippen LogP contribution < -0.4 is 5.46 Å². The van der Waals surface area contributed by atoms with Crippen molar-refractivity contribution in [1.82, 2.24) is 0 Å². The second-order valence-electron chi connectivity index (χ2n) is 2.60. The van der Waals surface area contributed by atoms with Crippen LogP contribution in [0.3, 0.4) is 0 Å². The van der Waals surface area contributed by atoms with Crippen LogP contribution in [0.4, 0.5) is 4.39 Å². The van der Waals surface area contributed by atoms with Crippen molar-refractivity contribution in [3.05, 3.63) is 29.6 Å². The summed E-state index contributed by atoms with van der Waals surface area (Å²) in [6.07, 6.45) is 0. The second kappa shape index (κ2) is 6.97. The van der Waals surface area contributed by atoms with Gasteiger partial charge in [0.25, 0.3) is 0 Å². The highest BCUT2D eigenvalue weighted by Gasteiger charge is 2.18. The Bertz CT molecular complexity index is 355. The summed E-state index contributed by atoms with van der Waals surface area (Å²) in [5.74, 6) is -1.44. The molecule has 1 rings (SSSR count). The molecule has 6 heteroatoms. The molecule has 1 aromatic carbocycles. The largest absolute Gasteiger partial charge is 0.491 e. The molecule has 4 nitrogen and oxygen atoms in total. The van der Waals surface area contributed by atoms with Crippen LogP contribution in [0.1, 0.15) is 24.2 Å². The van der Waals surface area contributed by atoms with E-state index < -0.39 is 18.9 Å². The molecule has 0 fully saturated rings. The number of ether oxygens (including phenoxy) is 1. The smallest absolute Gasteiger partial charge is 0.465 e. The molecule has 0 spiro atoms. The minimum Gasteiger partial charge on any atom is -0.465 e. The number of hydrogen-bond acceptors (Lipinski definition) is 4. The average Bonchev–Trinajstić information content (AvgIpc) is 2.31. The first-order valence-corrected chi connectivity index (χ1v) is 4.80. The van der Waals surface area contributed by atoms with Crippen molar-refractivity contribution in [2.24, 2.45) is 0 Å². The molecule has 0 aliphatic heterocycles. The van der Waals surface area contributed by atoms with Crippen LogP contribution in [0.2, 0.25) is 0 Å². The van der Waals surface area contributed by atoms with Crippen molar-refractivity contribution in [3.8, 4) is 0 Å². The number of halogens is 1. The van der Waals surface area contributed by atoms with Crippen molar-refractivity contribution in [3.63, 3.8) is 0 Å². The van der Waals surface area contributed by atoms with E-state index in [0.29, 0.717) is 0 Å². The van der Waals surface area contributed by atoms with Gasteiger partial charge in [-0.3, -0.25) is 0 Å². The minimum atomic E-state index is -1.94. The van der Waals surface area contributed by atoms with E-state index >= 15 is 0 Å². The Balaban J connectivity index is 0.00000106. The number of rotatable bonds is 2. The average molecular weight is 228 g/mol. The molecule has 16 heavy (non-hydrogen) atoms. The zero-order valence-corrected chi connectivity index (χ0v) is 9.40. The third-order valence-electron chi connectivity index (χ3n) is 1.70. The van der Waals surface area contributed by atoms with E-state index in [1.165, 1.54) is 13.2 Å². The summed E-state index contributed by atoms with van der Waals surface area (Å²) in [7, 11) is -0.764. The van der Waals surface area contributed by atoms with Crippen LogP contribution in [0.25, 0.3) is 0 Å². The fourth-order valence-corrected chi connectivity index (χ4v) is 0.986. The van der Waals surface area contributed by atoms with Crippen LogP contribution >= 0.6 is 0 Å². The van der Waals surface area contributed by atoms with Crippen LogP contribution in [-0.4, -0.2) is 30.2 Å². The van der Waals surface area contributed by atoms with Gasteiger partial charge in [-0.15, -0.1) is 0 Å².